The van der Waals surface area contributed by atoms with Crippen molar-refractivity contribution in [2.45, 2.75) is 44.8 Å². The van der Waals surface area contributed by atoms with Crippen LogP contribution in [0.25, 0.3) is 0 Å². The number of fused-ring (bicyclic) bond motifs is 1. The first kappa shape index (κ1) is 27.1. The molecule has 0 saturated carbocycles. The molecule has 2 heterocycles. The molecule has 0 amide bonds. The highest BCUT2D eigenvalue weighted by Gasteiger charge is 2.32. The third-order valence-electron chi connectivity index (χ3n) is 6.70. The summed E-state index contributed by atoms with van der Waals surface area (Å²) in [5.74, 6) is -0.205. The monoisotopic (exact) mass is 521 g/mol. The lowest BCUT2D eigenvalue weighted by atomic mass is 9.99. The van der Waals surface area contributed by atoms with Gasteiger partial charge in [-0.2, -0.15) is 0 Å². The molecule has 2 aliphatic rings. The molecule has 8 nitrogen and oxygen atoms in total. The van der Waals surface area contributed by atoms with Crippen LogP contribution in [0.1, 0.15) is 47.8 Å². The minimum Gasteiger partial charge on any atom is -0.367 e. The highest BCUT2D eigenvalue weighted by molar-refractivity contribution is 5.32. The normalized spacial score (nSPS) is 17.5. The van der Waals surface area contributed by atoms with Gasteiger partial charge in [0.1, 0.15) is 18.0 Å². The van der Waals surface area contributed by atoms with Crippen molar-refractivity contribution < 1.29 is 24.2 Å². The smallest absolute Gasteiger partial charge is 0.291 e. The van der Waals surface area contributed by atoms with Crippen LogP contribution >= 0.6 is 0 Å². The second-order valence-electron chi connectivity index (χ2n) is 9.21. The molecule has 0 radical (unpaired) electrons. The van der Waals surface area contributed by atoms with Crippen molar-refractivity contribution in [2.75, 3.05) is 13.2 Å². The van der Waals surface area contributed by atoms with Crippen LogP contribution in [-0.2, 0) is 22.7 Å². The highest BCUT2D eigenvalue weighted by atomic mass is 19.1. The van der Waals surface area contributed by atoms with Gasteiger partial charge in [-0.05, 0) is 40.8 Å². The van der Waals surface area contributed by atoms with E-state index in [4.69, 9.17) is 24.8 Å². The summed E-state index contributed by atoms with van der Waals surface area (Å²) in [5, 5.41) is 13.6. The number of ether oxygens (including phenoxy) is 2. The lowest BCUT2D eigenvalue weighted by Gasteiger charge is -2.35. The van der Waals surface area contributed by atoms with E-state index >= 15 is 0 Å². The Labute approximate surface area is 221 Å². The van der Waals surface area contributed by atoms with Crippen molar-refractivity contribution in [2.24, 2.45) is 0 Å². The van der Waals surface area contributed by atoms with Crippen molar-refractivity contribution >= 4 is 0 Å². The van der Waals surface area contributed by atoms with E-state index in [0.29, 0.717) is 13.2 Å². The van der Waals surface area contributed by atoms with E-state index in [9.17, 15) is 4.39 Å². The van der Waals surface area contributed by atoms with Gasteiger partial charge in [-0.25, -0.2) is 4.39 Å². The van der Waals surface area contributed by atoms with Gasteiger partial charge in [0.15, 0.2) is 0 Å². The summed E-state index contributed by atoms with van der Waals surface area (Å²) in [7, 11) is 0. The molecule has 0 saturated heterocycles. The van der Waals surface area contributed by atoms with Crippen LogP contribution in [-0.4, -0.2) is 39.3 Å². The maximum absolute atomic E-state index is 13.6. The fraction of sp³-hybridized carbons (Fsp3) is 0.310. The molecule has 0 fully saturated rings. The Morgan fingerprint density at radius 3 is 2.47 bits per heavy atom. The Hall–Kier alpha value is -3.95. The van der Waals surface area contributed by atoms with Crippen LogP contribution in [0.5, 0.6) is 0 Å². The van der Waals surface area contributed by atoms with Gasteiger partial charge in [0.25, 0.3) is 5.09 Å². The van der Waals surface area contributed by atoms with E-state index < -0.39 is 5.09 Å². The molecule has 0 bridgehead atoms. The fourth-order valence-corrected chi connectivity index (χ4v) is 4.93. The number of hydrogen-bond acceptors (Lipinski definition) is 6. The number of benzene rings is 3. The van der Waals surface area contributed by atoms with Crippen LogP contribution in [0.4, 0.5) is 4.39 Å². The Bertz CT molecular complexity index is 1210. The van der Waals surface area contributed by atoms with Gasteiger partial charge in [0.05, 0.1) is 25.9 Å². The predicted molar refractivity (Wildman–Crippen MR) is 140 cm³/mol. The quantitative estimate of drug-likeness (QED) is 0.280. The molecule has 3 aromatic rings. The molecule has 0 aliphatic carbocycles. The molecule has 1 N–H and O–H groups in total. The Morgan fingerprint density at radius 1 is 1.11 bits per heavy atom. The first-order valence-electron chi connectivity index (χ1n) is 12.6. The molecule has 3 unspecified atom stereocenters. The molecule has 0 spiro atoms. The molecule has 9 heteroatoms. The van der Waals surface area contributed by atoms with E-state index in [1.54, 1.807) is 6.07 Å². The van der Waals surface area contributed by atoms with Gasteiger partial charge in [0, 0.05) is 18.9 Å². The maximum Gasteiger partial charge on any atom is 0.291 e. The number of halogens is 1. The fourth-order valence-electron chi connectivity index (χ4n) is 4.93. The van der Waals surface area contributed by atoms with Crippen molar-refractivity contribution in [3.8, 4) is 0 Å². The summed E-state index contributed by atoms with van der Waals surface area (Å²) >= 11 is 0. The first-order valence-corrected chi connectivity index (χ1v) is 12.6. The Kier molecular flexibility index (Phi) is 9.29. The molecule has 3 atom stereocenters. The molecule has 38 heavy (non-hydrogen) atoms. The SMILES string of the molecule is CCC(C(OCc1ccccc1)c1ccccc1)N1C=CN(CC2OCc3cc(F)ccc32)C1.O=[N+]([O-])O. The summed E-state index contributed by atoms with van der Waals surface area (Å²) in [6.45, 7) is 4.77. The zero-order chi connectivity index (χ0) is 26.9. The zero-order valence-corrected chi connectivity index (χ0v) is 21.2. The predicted octanol–water partition coefficient (Wildman–Crippen LogP) is 5.83. The summed E-state index contributed by atoms with van der Waals surface area (Å²) in [6, 6.07) is 26.0. The molecule has 2 aliphatic heterocycles. The van der Waals surface area contributed by atoms with Gasteiger partial charge in [-0.3, -0.25) is 0 Å². The van der Waals surface area contributed by atoms with Gasteiger partial charge >= 0.3 is 0 Å². The van der Waals surface area contributed by atoms with Crippen LogP contribution in [0.3, 0.4) is 0 Å². The average Bonchev–Trinajstić information content (AvgIpc) is 3.54. The second kappa shape index (κ2) is 13.0. The van der Waals surface area contributed by atoms with Crippen molar-refractivity contribution in [1.82, 2.24) is 9.80 Å². The van der Waals surface area contributed by atoms with Gasteiger partial charge in [0.2, 0.25) is 0 Å². The van der Waals surface area contributed by atoms with E-state index in [2.05, 4.69) is 65.5 Å². The van der Waals surface area contributed by atoms with Crippen LogP contribution in [0.2, 0.25) is 0 Å². The summed E-state index contributed by atoms with van der Waals surface area (Å²) in [6.07, 6.45) is 5.15. The molecule has 5 rings (SSSR count). The largest absolute Gasteiger partial charge is 0.367 e. The molecule has 200 valence electrons. The highest BCUT2D eigenvalue weighted by Crippen LogP contribution is 2.34. The van der Waals surface area contributed by atoms with E-state index in [-0.39, 0.29) is 24.1 Å². The Morgan fingerprint density at radius 2 is 1.79 bits per heavy atom. The van der Waals surface area contributed by atoms with E-state index in [0.717, 1.165) is 30.8 Å². The van der Waals surface area contributed by atoms with Crippen LogP contribution in [0.15, 0.2) is 91.3 Å². The van der Waals surface area contributed by atoms with Gasteiger partial charge in [-0.15, -0.1) is 10.1 Å². The second-order valence-corrected chi connectivity index (χ2v) is 9.21. The topological polar surface area (TPSA) is 88.3 Å². The molecule has 3 aromatic carbocycles. The van der Waals surface area contributed by atoms with Crippen molar-refractivity contribution in [1.29, 1.82) is 0 Å². The summed E-state index contributed by atoms with van der Waals surface area (Å²) < 4.78 is 26.1. The zero-order valence-electron chi connectivity index (χ0n) is 21.2. The number of hydrogen-bond donors (Lipinski definition) is 1. The first-order chi connectivity index (χ1) is 18.4. The number of rotatable bonds is 9. The average molecular weight is 522 g/mol. The summed E-state index contributed by atoms with van der Waals surface area (Å²) in [4.78, 5) is 13.0. The maximum atomic E-state index is 13.6. The molecular formula is C29H32FN3O5. The summed E-state index contributed by atoms with van der Waals surface area (Å²) in [5.41, 5.74) is 4.40. The van der Waals surface area contributed by atoms with E-state index in [1.165, 1.54) is 17.2 Å². The third kappa shape index (κ3) is 7.08. The Balaban J connectivity index is 0.000000786. The number of nitrogens with zero attached hydrogens (tertiary/aromatic N) is 3. The van der Waals surface area contributed by atoms with Crippen LogP contribution in [0, 0.1) is 15.9 Å². The van der Waals surface area contributed by atoms with Crippen molar-refractivity contribution in [3.63, 3.8) is 0 Å². The van der Waals surface area contributed by atoms with Gasteiger partial charge < -0.3 is 24.5 Å². The minimum absolute atomic E-state index is 0.0421. The molecule has 0 aromatic heterocycles. The van der Waals surface area contributed by atoms with Crippen LogP contribution < -0.4 is 0 Å². The lowest BCUT2D eigenvalue weighted by Crippen LogP contribution is -2.39. The molecular weight excluding hydrogens is 489 g/mol. The van der Waals surface area contributed by atoms with Crippen molar-refractivity contribution in [3.05, 3.63) is 129 Å². The minimum atomic E-state index is -1.50. The standard InChI is InChI=1S/C29H31FN2O2.HNO3/c1-2-27(29(23-11-7-4-8-12-23)34-19-22-9-5-3-6-10-22)32-16-15-31(21-32)18-28-26-14-13-25(30)17-24(26)20-33-28;2-1(3)4/h3-17,27-29H,2,18-21H2,1H3;(H,2,3,4). The third-order valence-corrected chi connectivity index (χ3v) is 6.70. The van der Waals surface area contributed by atoms with Gasteiger partial charge in [-0.1, -0.05) is 73.7 Å². The van der Waals surface area contributed by atoms with E-state index in [1.807, 2.05) is 30.3 Å². The lowest BCUT2D eigenvalue weighted by molar-refractivity contribution is -0.742.